The Kier molecular flexibility index (Phi) is 3.81. The fraction of sp³-hybridized carbons (Fsp3) is 0.333. The van der Waals surface area contributed by atoms with Crippen LogP contribution in [-0.2, 0) is 4.74 Å². The molecule has 10 nitrogen and oxygen atoms in total. The maximum Gasteiger partial charge on any atom is 0.164 e. The van der Waals surface area contributed by atoms with Gasteiger partial charge >= 0.3 is 0 Å². The van der Waals surface area contributed by atoms with Crippen molar-refractivity contribution >= 4 is 16.9 Å². The number of aliphatic hydroxyl groups excluding tert-OH is 3. The first-order valence-electron chi connectivity index (χ1n) is 7.61. The molecule has 1 aliphatic heterocycles. The lowest BCUT2D eigenvalue weighted by atomic mass is 10.1. The first-order valence-corrected chi connectivity index (χ1v) is 7.61. The molecular formula is C15H16N6O4. The Bertz CT molecular complexity index is 902. The zero-order chi connectivity index (χ0) is 17.6. The predicted molar refractivity (Wildman–Crippen MR) is 86.0 cm³/mol. The highest BCUT2D eigenvalue weighted by atomic mass is 16.6. The van der Waals surface area contributed by atoms with E-state index < -0.39 is 31.1 Å². The molecule has 1 saturated heterocycles. The second kappa shape index (κ2) is 6.01. The lowest BCUT2D eigenvalue weighted by Crippen LogP contribution is -2.33. The minimum absolute atomic E-state index is 0.246. The normalized spacial score (nSPS) is 26.4. The third-order valence-corrected chi connectivity index (χ3v) is 4.27. The van der Waals surface area contributed by atoms with Crippen molar-refractivity contribution in [2.45, 2.75) is 24.5 Å². The highest BCUT2D eigenvalue weighted by molar-refractivity contribution is 5.99. The Hall–Kier alpha value is -2.66. The fourth-order valence-electron chi connectivity index (χ4n) is 3.04. The molecule has 25 heavy (non-hydrogen) atoms. The zero-order valence-corrected chi connectivity index (χ0v) is 13.0. The first kappa shape index (κ1) is 15.8. The number of nitrogens with two attached hydrogens (primary N) is 1. The van der Waals surface area contributed by atoms with Gasteiger partial charge in [0.25, 0.3) is 0 Å². The number of fused-ring (bicyclic) bond motifs is 1. The molecule has 0 aliphatic carbocycles. The van der Waals surface area contributed by atoms with Crippen LogP contribution in [-0.4, -0.2) is 64.7 Å². The van der Waals surface area contributed by atoms with Gasteiger partial charge in [0.2, 0.25) is 0 Å². The topological polar surface area (TPSA) is 152 Å². The van der Waals surface area contributed by atoms with Gasteiger partial charge in [0.1, 0.15) is 36.1 Å². The van der Waals surface area contributed by atoms with Gasteiger partial charge in [0, 0.05) is 24.2 Å². The van der Waals surface area contributed by atoms with Gasteiger partial charge in [-0.15, -0.1) is 0 Å². The maximum absolute atomic E-state index is 10.3. The molecule has 0 unspecified atom stereocenters. The van der Waals surface area contributed by atoms with Gasteiger partial charge in [-0.25, -0.2) is 9.97 Å². The molecule has 4 heterocycles. The second-order valence-corrected chi connectivity index (χ2v) is 5.73. The minimum Gasteiger partial charge on any atom is -0.394 e. The van der Waals surface area contributed by atoms with E-state index in [4.69, 9.17) is 10.5 Å². The van der Waals surface area contributed by atoms with E-state index in [1.54, 1.807) is 29.4 Å². The maximum atomic E-state index is 10.3. The number of aliphatic hydroxyl groups is 3. The number of aromatic nitrogens is 5. The first-order chi connectivity index (χ1) is 12.1. The molecule has 4 rings (SSSR count). The van der Waals surface area contributed by atoms with E-state index in [9.17, 15) is 15.3 Å². The molecule has 10 heteroatoms. The predicted octanol–water partition coefficient (Wildman–Crippen LogP) is -0.918. The monoisotopic (exact) mass is 344 g/mol. The summed E-state index contributed by atoms with van der Waals surface area (Å²) in [5.74, 6) is 0.246. The summed E-state index contributed by atoms with van der Waals surface area (Å²) in [5, 5.41) is 30.2. The van der Waals surface area contributed by atoms with Crippen molar-refractivity contribution in [3.05, 3.63) is 31.1 Å². The van der Waals surface area contributed by atoms with Gasteiger partial charge in [-0.3, -0.25) is 9.97 Å². The Morgan fingerprint density at radius 2 is 2.00 bits per heavy atom. The van der Waals surface area contributed by atoms with Crippen LogP contribution in [0.25, 0.3) is 22.3 Å². The highest BCUT2D eigenvalue weighted by Crippen LogP contribution is 2.37. The molecule has 1 aliphatic rings. The summed E-state index contributed by atoms with van der Waals surface area (Å²) in [6, 6.07) is 0. The van der Waals surface area contributed by atoms with E-state index in [1.807, 2.05) is 0 Å². The summed E-state index contributed by atoms with van der Waals surface area (Å²) < 4.78 is 7.15. The van der Waals surface area contributed by atoms with E-state index in [2.05, 4.69) is 19.9 Å². The molecule has 3 aromatic heterocycles. The number of nitrogen functional groups attached to an aromatic ring is 1. The van der Waals surface area contributed by atoms with Gasteiger partial charge < -0.3 is 30.4 Å². The number of hydrogen-bond donors (Lipinski definition) is 4. The van der Waals surface area contributed by atoms with Crippen molar-refractivity contribution in [3.8, 4) is 11.3 Å². The number of hydrogen-bond acceptors (Lipinski definition) is 9. The Morgan fingerprint density at radius 1 is 1.16 bits per heavy atom. The fourth-order valence-corrected chi connectivity index (χ4v) is 3.04. The summed E-state index contributed by atoms with van der Waals surface area (Å²) in [7, 11) is 0. The summed E-state index contributed by atoms with van der Waals surface area (Å²) in [4.78, 5) is 16.6. The summed E-state index contributed by atoms with van der Waals surface area (Å²) in [6.45, 7) is -0.415. The molecule has 0 saturated carbocycles. The van der Waals surface area contributed by atoms with Crippen LogP contribution in [0, 0.1) is 0 Å². The van der Waals surface area contributed by atoms with E-state index in [0.29, 0.717) is 22.3 Å². The number of nitrogens with zero attached hydrogens (tertiary/aromatic N) is 5. The largest absolute Gasteiger partial charge is 0.394 e. The van der Waals surface area contributed by atoms with Gasteiger partial charge in [0.15, 0.2) is 6.23 Å². The van der Waals surface area contributed by atoms with Gasteiger partial charge in [-0.05, 0) is 0 Å². The van der Waals surface area contributed by atoms with Crippen LogP contribution in [0.5, 0.6) is 0 Å². The molecule has 0 amide bonds. The lowest BCUT2D eigenvalue weighted by Gasteiger charge is -2.17. The molecule has 0 aromatic carbocycles. The summed E-state index contributed by atoms with van der Waals surface area (Å²) >= 11 is 0. The van der Waals surface area contributed by atoms with Crippen LogP contribution in [0.4, 0.5) is 5.82 Å². The Labute approximate surface area is 141 Å². The molecule has 3 aromatic rings. The Morgan fingerprint density at radius 3 is 2.68 bits per heavy atom. The van der Waals surface area contributed by atoms with Gasteiger partial charge in [0.05, 0.1) is 23.9 Å². The third-order valence-electron chi connectivity index (χ3n) is 4.27. The number of rotatable bonds is 3. The van der Waals surface area contributed by atoms with Gasteiger partial charge in [-0.1, -0.05) is 0 Å². The van der Waals surface area contributed by atoms with Crippen molar-refractivity contribution in [1.82, 2.24) is 24.5 Å². The van der Waals surface area contributed by atoms with Crippen LogP contribution in [0.2, 0.25) is 0 Å². The van der Waals surface area contributed by atoms with Crippen molar-refractivity contribution < 1.29 is 20.1 Å². The van der Waals surface area contributed by atoms with Crippen LogP contribution in [0.15, 0.2) is 31.1 Å². The second-order valence-electron chi connectivity index (χ2n) is 5.73. The summed E-state index contributed by atoms with van der Waals surface area (Å²) in [5.41, 5.74) is 7.62. The molecule has 0 spiro atoms. The van der Waals surface area contributed by atoms with Crippen LogP contribution in [0.3, 0.4) is 0 Å². The smallest absolute Gasteiger partial charge is 0.164 e. The average Bonchev–Trinajstić information content (AvgIpc) is 3.15. The molecule has 0 radical (unpaired) electrons. The summed E-state index contributed by atoms with van der Waals surface area (Å²) in [6.07, 6.45) is 3.36. The minimum atomic E-state index is -1.24. The molecule has 4 atom stereocenters. The van der Waals surface area contributed by atoms with E-state index in [-0.39, 0.29) is 5.82 Å². The average molecular weight is 344 g/mol. The standard InChI is InChI=1S/C15H16N6O4/c16-13-10-7(8-3-17-1-2-18-8)4-21(14(10)20-6-19-13)15-12(24)11(23)9(5-22)25-15/h1-4,6,9,11-12,15,22-24H,5H2,(H2,16,19,20)/t9-,11-,12-,15-/m1/s1. The van der Waals surface area contributed by atoms with E-state index in [1.165, 1.54) is 6.33 Å². The van der Waals surface area contributed by atoms with Crippen LogP contribution < -0.4 is 5.73 Å². The Balaban J connectivity index is 1.90. The van der Waals surface area contributed by atoms with E-state index >= 15 is 0 Å². The van der Waals surface area contributed by atoms with E-state index in [0.717, 1.165) is 0 Å². The van der Waals surface area contributed by atoms with Crippen LogP contribution in [0.1, 0.15) is 6.23 Å². The van der Waals surface area contributed by atoms with Crippen molar-refractivity contribution in [3.63, 3.8) is 0 Å². The van der Waals surface area contributed by atoms with Gasteiger partial charge in [-0.2, -0.15) is 0 Å². The quantitative estimate of drug-likeness (QED) is 0.472. The molecule has 130 valence electrons. The lowest BCUT2D eigenvalue weighted by molar-refractivity contribution is -0.0508. The van der Waals surface area contributed by atoms with Crippen molar-refractivity contribution in [2.24, 2.45) is 0 Å². The number of anilines is 1. The zero-order valence-electron chi connectivity index (χ0n) is 13.0. The van der Waals surface area contributed by atoms with Crippen molar-refractivity contribution in [1.29, 1.82) is 0 Å². The molecule has 5 N–H and O–H groups in total. The molecule has 0 bridgehead atoms. The third kappa shape index (κ3) is 2.43. The molecular weight excluding hydrogens is 328 g/mol. The molecule has 1 fully saturated rings. The van der Waals surface area contributed by atoms with Crippen molar-refractivity contribution in [2.75, 3.05) is 12.3 Å². The van der Waals surface area contributed by atoms with Crippen LogP contribution >= 0.6 is 0 Å². The SMILES string of the molecule is Nc1ncnc2c1c(-c1cnccn1)cn2[C@@H]1O[C@H](CO)[C@@H](O)[C@H]1O. The highest BCUT2D eigenvalue weighted by Gasteiger charge is 2.44. The number of ether oxygens (including phenoxy) is 1.